The Morgan fingerprint density at radius 2 is 1.90 bits per heavy atom. The first-order chi connectivity index (χ1) is 19.1. The first kappa shape index (κ1) is 28.9. The smallest absolute Gasteiger partial charge is 0.243 e. The van der Waals surface area contributed by atoms with Crippen LogP contribution in [0.25, 0.3) is 10.9 Å². The minimum Gasteiger partial charge on any atom is -0.491 e. The van der Waals surface area contributed by atoms with Crippen LogP contribution >= 0.6 is 0 Å². The molecule has 2 aliphatic heterocycles. The minimum absolute atomic E-state index is 0.00751. The van der Waals surface area contributed by atoms with Crippen molar-refractivity contribution in [2.75, 3.05) is 39.9 Å². The second kappa shape index (κ2) is 11.7. The lowest BCUT2D eigenvalue weighted by Gasteiger charge is -2.38. The molecule has 2 aromatic carbocycles. The monoisotopic (exact) mass is 590 g/mol. The van der Waals surface area contributed by atoms with Crippen molar-refractivity contribution < 1.29 is 31.4 Å². The Morgan fingerprint density at radius 3 is 2.67 bits per heavy atom. The van der Waals surface area contributed by atoms with E-state index in [0.717, 1.165) is 17.3 Å². The average Bonchev–Trinajstić information content (AvgIpc) is 3.37. The third kappa shape index (κ3) is 6.30. The van der Waals surface area contributed by atoms with E-state index in [4.69, 9.17) is 9.47 Å². The molecule has 2 unspecified atom stereocenters. The predicted molar refractivity (Wildman–Crippen MR) is 149 cm³/mol. The molecule has 1 aromatic heterocycles. The van der Waals surface area contributed by atoms with Crippen LogP contribution in [0.5, 0.6) is 5.75 Å². The van der Waals surface area contributed by atoms with Gasteiger partial charge in [-0.15, -0.1) is 0 Å². The molecule has 40 heavy (non-hydrogen) atoms. The number of piperidine rings is 1. The number of benzene rings is 2. The number of ether oxygens (including phenoxy) is 2. The lowest BCUT2D eigenvalue weighted by Crippen LogP contribution is -2.47. The molecule has 0 amide bonds. The van der Waals surface area contributed by atoms with E-state index >= 15 is 0 Å². The van der Waals surface area contributed by atoms with E-state index in [1.165, 1.54) is 23.5 Å². The Hall–Kier alpha value is -2.65. The molecule has 2 aliphatic rings. The van der Waals surface area contributed by atoms with Crippen LogP contribution in [-0.4, -0.2) is 88.9 Å². The molecule has 2 atom stereocenters. The van der Waals surface area contributed by atoms with E-state index in [0.29, 0.717) is 38.3 Å². The summed E-state index contributed by atoms with van der Waals surface area (Å²) in [7, 11) is -5.87. The van der Waals surface area contributed by atoms with Gasteiger partial charge in [0.05, 0.1) is 27.5 Å². The van der Waals surface area contributed by atoms with Crippen molar-refractivity contribution in [2.24, 2.45) is 0 Å². The minimum atomic E-state index is -3.63. The highest BCUT2D eigenvalue weighted by molar-refractivity contribution is 7.89. The fourth-order valence-electron chi connectivity index (χ4n) is 5.22. The zero-order valence-corrected chi connectivity index (χ0v) is 23.8. The highest BCUT2D eigenvalue weighted by Crippen LogP contribution is 2.37. The topological polar surface area (TPSA) is 147 Å². The second-order valence-electron chi connectivity index (χ2n) is 10.2. The quantitative estimate of drug-likeness (QED) is 0.319. The summed E-state index contributed by atoms with van der Waals surface area (Å²) < 4.78 is 66.1. The van der Waals surface area contributed by atoms with E-state index in [1.807, 2.05) is 6.07 Å². The SMILES string of the molecule is CNS(=O)(=O)c1cccc(OCC(O)CNC2COC3(CCN(S(=O)(=O)c4ccc5ncccc5c4)CC3)C2)c1. The third-order valence-corrected chi connectivity index (χ3v) is 10.8. The third-order valence-electron chi connectivity index (χ3n) is 7.52. The van der Waals surface area contributed by atoms with E-state index in [-0.39, 0.29) is 29.0 Å². The molecule has 0 bridgehead atoms. The molecule has 11 nitrogen and oxygen atoms in total. The molecule has 0 saturated carbocycles. The summed E-state index contributed by atoms with van der Waals surface area (Å²) in [6, 6.07) is 14.8. The van der Waals surface area contributed by atoms with Crippen LogP contribution in [0.4, 0.5) is 0 Å². The van der Waals surface area contributed by atoms with Gasteiger partial charge in [0, 0.05) is 43.3 Å². The zero-order valence-electron chi connectivity index (χ0n) is 22.2. The van der Waals surface area contributed by atoms with Gasteiger partial charge in [0.1, 0.15) is 18.5 Å². The van der Waals surface area contributed by atoms with E-state index in [1.54, 1.807) is 42.6 Å². The summed E-state index contributed by atoms with van der Waals surface area (Å²) >= 11 is 0. The highest BCUT2D eigenvalue weighted by Gasteiger charge is 2.44. The molecule has 0 aliphatic carbocycles. The second-order valence-corrected chi connectivity index (χ2v) is 14.0. The summed E-state index contributed by atoms with van der Waals surface area (Å²) in [5, 5.41) is 14.5. The van der Waals surface area contributed by atoms with Crippen molar-refractivity contribution in [3.63, 3.8) is 0 Å². The fourth-order valence-corrected chi connectivity index (χ4v) is 7.47. The standard InChI is InChI=1S/C27H34N4O7S2/c1-28-39(33,34)24-6-2-5-23(15-24)37-19-22(32)17-30-21-16-27(38-18-21)9-12-31(13-10-27)40(35,36)25-7-8-26-20(14-25)4-3-11-29-26/h2-8,11,14-15,21-22,28,30,32H,9-10,12-13,16-19H2,1H3. The van der Waals surface area contributed by atoms with Gasteiger partial charge in [0.15, 0.2) is 0 Å². The first-order valence-corrected chi connectivity index (χ1v) is 16.1. The number of hydrogen-bond acceptors (Lipinski definition) is 9. The number of rotatable bonds is 10. The molecule has 3 heterocycles. The molecule has 0 radical (unpaired) electrons. The summed E-state index contributed by atoms with van der Waals surface area (Å²) in [5.41, 5.74) is 0.361. The van der Waals surface area contributed by atoms with E-state index in [2.05, 4.69) is 15.0 Å². The number of nitrogens with one attached hydrogen (secondary N) is 2. The number of aliphatic hydroxyl groups is 1. The van der Waals surface area contributed by atoms with Crippen LogP contribution in [0.2, 0.25) is 0 Å². The predicted octanol–water partition coefficient (Wildman–Crippen LogP) is 1.48. The number of sulfonamides is 2. The number of fused-ring (bicyclic) bond motifs is 1. The molecule has 216 valence electrons. The summed E-state index contributed by atoms with van der Waals surface area (Å²) in [5.74, 6) is 0.348. The molecule has 5 rings (SSSR count). The molecule has 13 heteroatoms. The Bertz CT molecular complexity index is 1560. The van der Waals surface area contributed by atoms with Gasteiger partial charge in [0.25, 0.3) is 0 Å². The average molecular weight is 591 g/mol. The van der Waals surface area contributed by atoms with Gasteiger partial charge in [-0.2, -0.15) is 4.31 Å². The van der Waals surface area contributed by atoms with Crippen molar-refractivity contribution in [1.82, 2.24) is 19.3 Å². The Morgan fingerprint density at radius 1 is 1.10 bits per heavy atom. The number of nitrogens with zero attached hydrogens (tertiary/aromatic N) is 2. The van der Waals surface area contributed by atoms with Gasteiger partial charge < -0.3 is 19.9 Å². The maximum atomic E-state index is 13.3. The molecular formula is C27H34N4O7S2. The van der Waals surface area contributed by atoms with Gasteiger partial charge >= 0.3 is 0 Å². The van der Waals surface area contributed by atoms with Crippen LogP contribution in [0.15, 0.2) is 70.6 Å². The van der Waals surface area contributed by atoms with Crippen LogP contribution < -0.4 is 14.8 Å². The Kier molecular flexibility index (Phi) is 8.43. The lowest BCUT2D eigenvalue weighted by molar-refractivity contribution is -0.0312. The molecule has 3 aromatic rings. The van der Waals surface area contributed by atoms with Crippen molar-refractivity contribution in [3.8, 4) is 5.75 Å². The van der Waals surface area contributed by atoms with Gasteiger partial charge in [-0.05, 0) is 62.7 Å². The largest absolute Gasteiger partial charge is 0.491 e. The molecule has 1 spiro atoms. The molecule has 2 saturated heterocycles. The molecule has 3 N–H and O–H groups in total. The van der Waals surface area contributed by atoms with Gasteiger partial charge in [-0.25, -0.2) is 21.6 Å². The van der Waals surface area contributed by atoms with Gasteiger partial charge in [-0.3, -0.25) is 4.98 Å². The van der Waals surface area contributed by atoms with Crippen molar-refractivity contribution >= 4 is 30.9 Å². The Balaban J connectivity index is 1.09. The number of hydrogen-bond donors (Lipinski definition) is 3. The molecular weight excluding hydrogens is 556 g/mol. The zero-order chi connectivity index (χ0) is 28.4. The summed E-state index contributed by atoms with van der Waals surface area (Å²) in [4.78, 5) is 4.61. The maximum absolute atomic E-state index is 13.3. The number of aromatic nitrogens is 1. The fraction of sp³-hybridized carbons (Fsp3) is 0.444. The number of aliphatic hydroxyl groups excluding tert-OH is 1. The van der Waals surface area contributed by atoms with Gasteiger partial charge in [-0.1, -0.05) is 12.1 Å². The molecule has 2 fully saturated rings. The van der Waals surface area contributed by atoms with Crippen LogP contribution in [0, 0.1) is 0 Å². The van der Waals surface area contributed by atoms with E-state index < -0.39 is 31.8 Å². The van der Waals surface area contributed by atoms with Crippen LogP contribution in [0.1, 0.15) is 19.3 Å². The normalized spacial score (nSPS) is 20.6. The summed E-state index contributed by atoms with van der Waals surface area (Å²) in [6.07, 6.45) is 2.78. The van der Waals surface area contributed by atoms with Crippen molar-refractivity contribution in [1.29, 1.82) is 0 Å². The maximum Gasteiger partial charge on any atom is 0.243 e. The van der Waals surface area contributed by atoms with E-state index in [9.17, 15) is 21.9 Å². The summed E-state index contributed by atoms with van der Waals surface area (Å²) in [6.45, 7) is 1.49. The Labute approximate surface area is 234 Å². The first-order valence-electron chi connectivity index (χ1n) is 13.2. The van der Waals surface area contributed by atoms with Crippen molar-refractivity contribution in [2.45, 2.75) is 46.8 Å². The van der Waals surface area contributed by atoms with Crippen LogP contribution in [-0.2, 0) is 24.8 Å². The van der Waals surface area contributed by atoms with Crippen molar-refractivity contribution in [3.05, 3.63) is 60.8 Å². The van der Waals surface area contributed by atoms with Crippen LogP contribution in [0.3, 0.4) is 0 Å². The highest BCUT2D eigenvalue weighted by atomic mass is 32.2. The lowest BCUT2D eigenvalue weighted by atomic mass is 9.88. The van der Waals surface area contributed by atoms with Gasteiger partial charge in [0.2, 0.25) is 20.0 Å². The number of pyridine rings is 1.